The predicted molar refractivity (Wildman–Crippen MR) is 150 cm³/mol. The van der Waals surface area contributed by atoms with Gasteiger partial charge < -0.3 is 10.2 Å². The molecule has 0 aromatic heterocycles. The van der Waals surface area contributed by atoms with Crippen LogP contribution in [0.2, 0.25) is 0 Å². The van der Waals surface area contributed by atoms with Crippen molar-refractivity contribution >= 4 is 34.7 Å². The van der Waals surface area contributed by atoms with Crippen molar-refractivity contribution in [1.82, 2.24) is 0 Å². The number of aryl methyl sites for hydroxylation is 2. The lowest BCUT2D eigenvalue weighted by atomic mass is 9.95. The molecule has 4 aromatic rings. The fraction of sp³-hybridized carbons (Fsp3) is 0.129. The van der Waals surface area contributed by atoms with E-state index >= 15 is 0 Å². The second-order valence-electron chi connectivity index (χ2n) is 9.66. The van der Waals surface area contributed by atoms with Crippen molar-refractivity contribution in [3.05, 3.63) is 107 Å². The van der Waals surface area contributed by atoms with Crippen molar-refractivity contribution in [2.24, 2.45) is 5.10 Å². The summed E-state index contributed by atoms with van der Waals surface area (Å²) in [5.74, 6) is -1.71. The Morgan fingerprint density at radius 3 is 2.32 bits per heavy atom. The largest absolute Gasteiger partial charge is 0.505 e. The Morgan fingerprint density at radius 1 is 0.927 bits per heavy atom. The summed E-state index contributed by atoms with van der Waals surface area (Å²) in [6.07, 6.45) is -4.82. The summed E-state index contributed by atoms with van der Waals surface area (Å²) in [7, 11) is 0. The van der Waals surface area contributed by atoms with Crippen molar-refractivity contribution in [3.63, 3.8) is 0 Å². The minimum Gasteiger partial charge on any atom is -0.505 e. The number of carbonyl (C=O) groups is 2. The quantitative estimate of drug-likeness (QED) is 0.176. The third kappa shape index (κ3) is 5.36. The fourth-order valence-electron chi connectivity index (χ4n) is 4.62. The zero-order chi connectivity index (χ0) is 29.5. The summed E-state index contributed by atoms with van der Waals surface area (Å²) in [6, 6.07) is 19.2. The first-order valence-corrected chi connectivity index (χ1v) is 12.5. The molecular weight excluding hydrogens is 535 g/mol. The maximum atomic E-state index is 13.6. The molecule has 1 aliphatic heterocycles. The molecule has 3 N–H and O–H groups in total. The van der Waals surface area contributed by atoms with E-state index in [1.54, 1.807) is 48.5 Å². The molecule has 41 heavy (non-hydrogen) atoms. The topological polar surface area (TPSA) is 102 Å². The van der Waals surface area contributed by atoms with Gasteiger partial charge in [0.2, 0.25) is 5.91 Å². The number of nitrogens with one attached hydrogen (secondary N) is 1. The van der Waals surface area contributed by atoms with Gasteiger partial charge in [-0.25, -0.2) is 4.79 Å². The number of fused-ring (bicyclic) bond motifs is 1. The average molecular weight is 560 g/mol. The van der Waals surface area contributed by atoms with Gasteiger partial charge in [-0.15, -0.1) is 0 Å². The van der Waals surface area contributed by atoms with Crippen molar-refractivity contribution in [3.8, 4) is 16.9 Å². The molecule has 0 aliphatic carbocycles. The molecule has 5 rings (SSSR count). The molecule has 0 fully saturated rings. The fourth-order valence-corrected chi connectivity index (χ4v) is 4.62. The maximum Gasteiger partial charge on any atom is 0.416 e. The van der Waals surface area contributed by atoms with Gasteiger partial charge in [0.1, 0.15) is 5.75 Å². The van der Waals surface area contributed by atoms with Crippen LogP contribution in [0, 0.1) is 13.8 Å². The van der Waals surface area contributed by atoms with Gasteiger partial charge in [0.05, 0.1) is 34.6 Å². The number of amides is 1. The Morgan fingerprint density at radius 2 is 1.66 bits per heavy atom. The van der Waals surface area contributed by atoms with E-state index in [9.17, 15) is 27.9 Å². The SMILES string of the molecule is Cc1ccc(N2C(=O)C/C(=N\Nc3cccc(-c4ccc(C(=O)O)cc4)c3O)c3ccc(C(F)(F)F)cc32)cc1C. The molecule has 7 nitrogen and oxygen atoms in total. The molecule has 0 unspecified atom stereocenters. The number of rotatable bonds is 5. The van der Waals surface area contributed by atoms with Crippen LogP contribution in [0.25, 0.3) is 11.1 Å². The van der Waals surface area contributed by atoms with E-state index in [4.69, 9.17) is 5.11 Å². The molecule has 0 spiro atoms. The molecule has 1 amide bonds. The number of carboxylic acid groups (broad SMARTS) is 1. The van der Waals surface area contributed by atoms with Crippen LogP contribution in [-0.2, 0) is 11.0 Å². The second kappa shape index (κ2) is 10.5. The zero-order valence-electron chi connectivity index (χ0n) is 22.0. The van der Waals surface area contributed by atoms with Gasteiger partial charge in [0.15, 0.2) is 0 Å². The van der Waals surface area contributed by atoms with Crippen LogP contribution in [0.4, 0.5) is 30.2 Å². The van der Waals surface area contributed by atoms with Crippen LogP contribution in [0.1, 0.15) is 39.0 Å². The lowest BCUT2D eigenvalue weighted by Gasteiger charge is -2.31. The lowest BCUT2D eigenvalue weighted by molar-refractivity contribution is -0.137. The summed E-state index contributed by atoms with van der Waals surface area (Å²) >= 11 is 0. The smallest absolute Gasteiger partial charge is 0.416 e. The van der Waals surface area contributed by atoms with E-state index in [2.05, 4.69) is 10.5 Å². The number of hydrazone groups is 1. The van der Waals surface area contributed by atoms with E-state index < -0.39 is 23.6 Å². The van der Waals surface area contributed by atoms with Gasteiger partial charge in [0, 0.05) is 16.8 Å². The van der Waals surface area contributed by atoms with E-state index in [0.29, 0.717) is 22.4 Å². The minimum atomic E-state index is -4.62. The molecule has 0 radical (unpaired) electrons. The number of halogens is 3. The normalized spacial score (nSPS) is 14.2. The van der Waals surface area contributed by atoms with Gasteiger partial charge in [-0.1, -0.05) is 36.4 Å². The van der Waals surface area contributed by atoms with E-state index in [1.807, 2.05) is 13.8 Å². The number of benzene rings is 4. The minimum absolute atomic E-state index is 0.0522. The average Bonchev–Trinajstić information content (AvgIpc) is 2.93. The van der Waals surface area contributed by atoms with Crippen LogP contribution < -0.4 is 10.3 Å². The molecule has 0 atom stereocenters. The second-order valence-corrected chi connectivity index (χ2v) is 9.66. The van der Waals surface area contributed by atoms with Crippen molar-refractivity contribution < 1.29 is 33.0 Å². The molecule has 0 saturated heterocycles. The highest BCUT2D eigenvalue weighted by Gasteiger charge is 2.36. The Bertz CT molecular complexity index is 1710. The number of carbonyl (C=O) groups excluding carboxylic acids is 1. The van der Waals surface area contributed by atoms with Gasteiger partial charge in [-0.05, 0) is 73.0 Å². The Labute approximate surface area is 233 Å². The summed E-state index contributed by atoms with van der Waals surface area (Å²) in [5, 5.41) is 24.4. The molecule has 0 bridgehead atoms. The number of hydrogen-bond acceptors (Lipinski definition) is 5. The molecule has 4 aromatic carbocycles. The standard InChI is InChI=1S/C31H24F3N3O4/c1-17-6-12-22(14-18(17)2)37-27-15-21(31(32,33)34)11-13-24(27)26(16-28(37)38)36-35-25-5-3-4-23(29(25)39)19-7-9-20(10-8-19)30(40)41/h3-15,35,39H,16H2,1-2H3,(H,40,41)/b36-26+. The van der Waals surface area contributed by atoms with Crippen molar-refractivity contribution in [1.29, 1.82) is 0 Å². The van der Waals surface area contributed by atoms with Gasteiger partial charge >= 0.3 is 12.1 Å². The highest BCUT2D eigenvalue weighted by atomic mass is 19.4. The van der Waals surface area contributed by atoms with Crippen LogP contribution in [-0.4, -0.2) is 27.8 Å². The number of carboxylic acids is 1. The van der Waals surface area contributed by atoms with Crippen LogP contribution in [0.15, 0.2) is 84.0 Å². The predicted octanol–water partition coefficient (Wildman–Crippen LogP) is 7.28. The summed E-state index contributed by atoms with van der Waals surface area (Å²) in [4.78, 5) is 25.8. The third-order valence-electron chi connectivity index (χ3n) is 6.98. The molecule has 1 aliphatic rings. The zero-order valence-corrected chi connectivity index (χ0v) is 22.0. The number of hydrogen-bond donors (Lipinski definition) is 3. The van der Waals surface area contributed by atoms with Gasteiger partial charge in [-0.3, -0.25) is 15.1 Å². The number of phenols is 1. The van der Waals surface area contributed by atoms with E-state index in [1.165, 1.54) is 23.1 Å². The van der Waals surface area contributed by atoms with E-state index in [-0.39, 0.29) is 34.8 Å². The molecule has 10 heteroatoms. The molecule has 0 saturated carbocycles. The number of para-hydroxylation sites is 1. The Kier molecular flexibility index (Phi) is 7.00. The molecule has 1 heterocycles. The number of phenolic OH excluding ortho intramolecular Hbond substituents is 1. The molecule has 208 valence electrons. The number of anilines is 3. The first kappa shape index (κ1) is 27.4. The van der Waals surface area contributed by atoms with Crippen LogP contribution in [0.5, 0.6) is 5.75 Å². The number of aromatic hydroxyl groups is 1. The number of aromatic carboxylic acids is 1. The monoisotopic (exact) mass is 559 g/mol. The third-order valence-corrected chi connectivity index (χ3v) is 6.98. The van der Waals surface area contributed by atoms with E-state index in [0.717, 1.165) is 23.3 Å². The van der Waals surface area contributed by atoms with Crippen molar-refractivity contribution in [2.75, 3.05) is 10.3 Å². The summed E-state index contributed by atoms with van der Waals surface area (Å²) < 4.78 is 40.9. The van der Waals surface area contributed by atoms with Crippen molar-refractivity contribution in [2.45, 2.75) is 26.4 Å². The van der Waals surface area contributed by atoms with Gasteiger partial charge in [0.25, 0.3) is 0 Å². The lowest BCUT2D eigenvalue weighted by Crippen LogP contribution is -2.35. The van der Waals surface area contributed by atoms with Crippen LogP contribution >= 0.6 is 0 Å². The Hall–Kier alpha value is -5.12. The number of nitrogens with zero attached hydrogens (tertiary/aromatic N) is 2. The maximum absolute atomic E-state index is 13.6. The Balaban J connectivity index is 1.54. The number of alkyl halides is 3. The van der Waals surface area contributed by atoms with Gasteiger partial charge in [-0.2, -0.15) is 18.3 Å². The molecular formula is C31H24F3N3O4. The summed E-state index contributed by atoms with van der Waals surface area (Å²) in [5.41, 5.74) is 6.01. The highest BCUT2D eigenvalue weighted by Crippen LogP contribution is 2.40. The summed E-state index contributed by atoms with van der Waals surface area (Å²) in [6.45, 7) is 3.76. The first-order valence-electron chi connectivity index (χ1n) is 12.5. The van der Waals surface area contributed by atoms with Crippen LogP contribution in [0.3, 0.4) is 0 Å². The highest BCUT2D eigenvalue weighted by molar-refractivity contribution is 6.24. The first-order chi connectivity index (χ1) is 19.4.